The summed E-state index contributed by atoms with van der Waals surface area (Å²) >= 11 is 2.99. The van der Waals surface area contributed by atoms with Gasteiger partial charge < -0.3 is 9.88 Å². The zero-order chi connectivity index (χ0) is 18.8. The van der Waals surface area contributed by atoms with Crippen molar-refractivity contribution in [3.8, 4) is 11.1 Å². The molecule has 0 bridgehead atoms. The van der Waals surface area contributed by atoms with E-state index in [1.807, 2.05) is 38.1 Å². The molecule has 0 radical (unpaired) electrons. The molecule has 0 aliphatic heterocycles. The van der Waals surface area contributed by atoms with Gasteiger partial charge in [-0.2, -0.15) is 0 Å². The fourth-order valence-corrected chi connectivity index (χ4v) is 4.59. The van der Waals surface area contributed by atoms with Gasteiger partial charge in [0.2, 0.25) is 5.91 Å². The highest BCUT2D eigenvalue weighted by molar-refractivity contribution is 7.99. The normalized spacial score (nSPS) is 11.1. The number of hydrogen-bond donors (Lipinski definition) is 1. The van der Waals surface area contributed by atoms with Crippen LogP contribution in [0.5, 0.6) is 0 Å². The molecule has 3 rings (SSSR count). The quantitative estimate of drug-likeness (QED) is 0.727. The number of H-pyrrole nitrogens is 1. The van der Waals surface area contributed by atoms with Crippen molar-refractivity contribution in [3.05, 3.63) is 50.9 Å². The lowest BCUT2D eigenvalue weighted by Crippen LogP contribution is -2.23. The highest BCUT2D eigenvalue weighted by atomic mass is 32.2. The number of thiophene rings is 1. The van der Waals surface area contributed by atoms with Gasteiger partial charge in [0.25, 0.3) is 5.56 Å². The van der Waals surface area contributed by atoms with Gasteiger partial charge in [-0.1, -0.05) is 29.8 Å². The molecule has 0 aliphatic carbocycles. The maximum atomic E-state index is 12.7. The fraction of sp³-hybridized carbons (Fsp3) is 0.316. The van der Waals surface area contributed by atoms with E-state index >= 15 is 0 Å². The van der Waals surface area contributed by atoms with Crippen LogP contribution in [0.2, 0.25) is 0 Å². The number of carbonyl (C=O) groups excluding carboxylic acids is 1. The molecular weight excluding hydrogens is 366 g/mol. The molecule has 3 aromatic rings. The van der Waals surface area contributed by atoms with E-state index in [1.165, 1.54) is 28.7 Å². The van der Waals surface area contributed by atoms with Crippen molar-refractivity contribution in [3.63, 3.8) is 0 Å². The van der Waals surface area contributed by atoms with Gasteiger partial charge in [0, 0.05) is 24.5 Å². The molecule has 7 heteroatoms. The summed E-state index contributed by atoms with van der Waals surface area (Å²) in [5, 5.41) is 0.648. The highest BCUT2D eigenvalue weighted by Gasteiger charge is 2.16. The van der Waals surface area contributed by atoms with Crippen molar-refractivity contribution in [2.24, 2.45) is 0 Å². The van der Waals surface area contributed by atoms with E-state index in [9.17, 15) is 9.59 Å². The molecule has 26 heavy (non-hydrogen) atoms. The Hall–Kier alpha value is -2.12. The van der Waals surface area contributed by atoms with Gasteiger partial charge >= 0.3 is 0 Å². The van der Waals surface area contributed by atoms with E-state index in [2.05, 4.69) is 9.97 Å². The van der Waals surface area contributed by atoms with Crippen LogP contribution >= 0.6 is 23.1 Å². The lowest BCUT2D eigenvalue weighted by molar-refractivity contribution is -0.125. The van der Waals surface area contributed by atoms with Crippen molar-refractivity contribution in [2.75, 3.05) is 19.8 Å². The first-order valence-electron chi connectivity index (χ1n) is 8.24. The summed E-state index contributed by atoms with van der Waals surface area (Å²) in [7, 11) is 3.46. The lowest BCUT2D eigenvalue weighted by Gasteiger charge is -2.09. The molecular formula is C19H21N3O2S2. The summed E-state index contributed by atoms with van der Waals surface area (Å²) < 4.78 is 0. The zero-order valence-corrected chi connectivity index (χ0v) is 16.9. The second kappa shape index (κ2) is 7.63. The molecule has 0 unspecified atom stereocenters. The molecule has 0 fully saturated rings. The van der Waals surface area contributed by atoms with Gasteiger partial charge in [0.05, 0.1) is 16.9 Å². The third-order valence-corrected chi connectivity index (χ3v) is 6.02. The number of benzene rings is 1. The molecule has 0 saturated heterocycles. The first kappa shape index (κ1) is 18.7. The van der Waals surface area contributed by atoms with Gasteiger partial charge in [-0.25, -0.2) is 4.98 Å². The van der Waals surface area contributed by atoms with Crippen LogP contribution in [0.15, 0.2) is 29.1 Å². The van der Waals surface area contributed by atoms with Crippen molar-refractivity contribution >= 4 is 39.2 Å². The van der Waals surface area contributed by atoms with Crippen molar-refractivity contribution < 1.29 is 4.79 Å². The molecule has 5 nitrogen and oxygen atoms in total. The Labute approximate surface area is 160 Å². The molecule has 2 aromatic heterocycles. The van der Waals surface area contributed by atoms with Crippen molar-refractivity contribution in [1.82, 2.24) is 14.9 Å². The monoisotopic (exact) mass is 387 g/mol. The number of carbonyl (C=O) groups is 1. The maximum Gasteiger partial charge on any atom is 0.260 e. The second-order valence-corrected chi connectivity index (χ2v) is 8.56. The maximum absolute atomic E-state index is 12.7. The van der Waals surface area contributed by atoms with E-state index in [-0.39, 0.29) is 11.5 Å². The number of rotatable bonds is 5. The largest absolute Gasteiger partial charge is 0.348 e. The predicted octanol–water partition coefficient (Wildman–Crippen LogP) is 3.59. The number of thioether (sulfide) groups is 1. The number of amides is 1. The Morgan fingerprint density at radius 3 is 2.58 bits per heavy atom. The van der Waals surface area contributed by atoms with Crippen LogP contribution in [0.3, 0.4) is 0 Å². The number of hydrogen-bond acceptors (Lipinski definition) is 5. The molecule has 0 saturated carbocycles. The van der Waals surface area contributed by atoms with Crippen LogP contribution in [0.1, 0.15) is 16.3 Å². The second-order valence-electron chi connectivity index (χ2n) is 6.37. The van der Waals surface area contributed by atoms with Gasteiger partial charge in [-0.3, -0.25) is 9.59 Å². The van der Waals surface area contributed by atoms with E-state index in [4.69, 9.17) is 0 Å². The van der Waals surface area contributed by atoms with Crippen LogP contribution in [0.4, 0.5) is 0 Å². The van der Waals surface area contributed by atoms with E-state index in [0.717, 1.165) is 20.8 Å². The van der Waals surface area contributed by atoms with Gasteiger partial charge in [0.1, 0.15) is 10.7 Å². The number of aromatic amines is 1. The Bertz CT molecular complexity index is 1000. The van der Waals surface area contributed by atoms with Crippen LogP contribution in [-0.2, 0) is 10.5 Å². The van der Waals surface area contributed by atoms with Gasteiger partial charge in [-0.05, 0) is 19.4 Å². The van der Waals surface area contributed by atoms with Crippen LogP contribution in [-0.4, -0.2) is 40.6 Å². The minimum Gasteiger partial charge on any atom is -0.348 e. The van der Waals surface area contributed by atoms with Crippen LogP contribution in [0, 0.1) is 13.8 Å². The zero-order valence-electron chi connectivity index (χ0n) is 15.3. The topological polar surface area (TPSA) is 66.1 Å². The third kappa shape index (κ3) is 3.83. The van der Waals surface area contributed by atoms with Crippen LogP contribution in [0.25, 0.3) is 21.3 Å². The Balaban J connectivity index is 1.92. The van der Waals surface area contributed by atoms with E-state index < -0.39 is 0 Å². The van der Waals surface area contributed by atoms with Crippen LogP contribution < -0.4 is 5.56 Å². The molecule has 0 atom stereocenters. The standard InChI is InChI=1S/C19H21N3O2S2/c1-11-5-7-13(8-6-11)16-12(2)26-19-17(16)18(24)20-14(21-19)9-25-10-15(23)22(3)4/h5-8H,9-10H2,1-4H3,(H,20,21,24). The summed E-state index contributed by atoms with van der Waals surface area (Å²) in [4.78, 5) is 35.2. The van der Waals surface area contributed by atoms with Crippen molar-refractivity contribution in [1.29, 1.82) is 0 Å². The first-order chi connectivity index (χ1) is 12.4. The smallest absolute Gasteiger partial charge is 0.260 e. The third-order valence-electron chi connectivity index (χ3n) is 4.09. The highest BCUT2D eigenvalue weighted by Crippen LogP contribution is 2.35. The average molecular weight is 388 g/mol. The minimum absolute atomic E-state index is 0.0482. The van der Waals surface area contributed by atoms with E-state index in [0.29, 0.717) is 22.7 Å². The van der Waals surface area contributed by atoms with Gasteiger partial charge in [-0.15, -0.1) is 23.1 Å². The molecule has 136 valence electrons. The number of fused-ring (bicyclic) bond motifs is 1. The Morgan fingerprint density at radius 2 is 1.92 bits per heavy atom. The van der Waals surface area contributed by atoms with E-state index in [1.54, 1.807) is 19.0 Å². The average Bonchev–Trinajstić information content (AvgIpc) is 2.92. The molecule has 0 spiro atoms. The number of aryl methyl sites for hydroxylation is 2. The fourth-order valence-electron chi connectivity index (χ4n) is 2.66. The first-order valence-corrected chi connectivity index (χ1v) is 10.2. The summed E-state index contributed by atoms with van der Waals surface area (Å²) in [6.45, 7) is 4.06. The Morgan fingerprint density at radius 1 is 1.23 bits per heavy atom. The lowest BCUT2D eigenvalue weighted by atomic mass is 10.0. The molecule has 2 heterocycles. The predicted molar refractivity (Wildman–Crippen MR) is 110 cm³/mol. The SMILES string of the molecule is Cc1ccc(-c2c(C)sc3nc(CSCC(=O)N(C)C)[nH]c(=O)c23)cc1. The van der Waals surface area contributed by atoms with Crippen molar-refractivity contribution in [2.45, 2.75) is 19.6 Å². The summed E-state index contributed by atoms with van der Waals surface area (Å²) in [5.74, 6) is 1.52. The summed E-state index contributed by atoms with van der Waals surface area (Å²) in [6.07, 6.45) is 0. The minimum atomic E-state index is -0.121. The summed E-state index contributed by atoms with van der Waals surface area (Å²) in [5.41, 5.74) is 3.06. The molecule has 0 aliphatic rings. The summed E-state index contributed by atoms with van der Waals surface area (Å²) in [6, 6.07) is 8.18. The van der Waals surface area contributed by atoms with Gasteiger partial charge in [0.15, 0.2) is 0 Å². The number of aromatic nitrogens is 2. The number of nitrogens with zero attached hydrogens (tertiary/aromatic N) is 2. The molecule has 1 amide bonds. The number of nitrogens with one attached hydrogen (secondary N) is 1. The molecule has 1 aromatic carbocycles. The molecule has 1 N–H and O–H groups in total. The Kier molecular flexibility index (Phi) is 5.48.